The van der Waals surface area contributed by atoms with Gasteiger partial charge in [-0.05, 0) is 47.9 Å². The summed E-state index contributed by atoms with van der Waals surface area (Å²) in [4.78, 5) is 17.9. The number of aryl methyl sites for hydroxylation is 1. The number of H-pyrrole nitrogens is 1. The van der Waals surface area contributed by atoms with Gasteiger partial charge in [0, 0.05) is 49.2 Å². The topological polar surface area (TPSA) is 48.1 Å². The second-order valence-electron chi connectivity index (χ2n) is 6.66. The highest BCUT2D eigenvalue weighted by atomic mass is 19.1. The summed E-state index contributed by atoms with van der Waals surface area (Å²) < 4.78 is 13.3. The number of nitrogens with one attached hydrogen (secondary N) is 2. The maximum Gasteiger partial charge on any atom is 0.222 e. The van der Waals surface area contributed by atoms with Crippen LogP contribution in [0.1, 0.15) is 12.0 Å². The molecule has 5 heteroatoms. The molecule has 2 heterocycles. The zero-order valence-corrected chi connectivity index (χ0v) is 14.6. The van der Waals surface area contributed by atoms with Gasteiger partial charge in [0.1, 0.15) is 5.82 Å². The van der Waals surface area contributed by atoms with E-state index >= 15 is 0 Å². The number of rotatable bonds is 4. The number of carbonyl (C=O) groups is 1. The zero-order valence-electron chi connectivity index (χ0n) is 14.6. The molecule has 26 heavy (non-hydrogen) atoms. The van der Waals surface area contributed by atoms with Crippen LogP contribution in [0.15, 0.2) is 48.5 Å². The van der Waals surface area contributed by atoms with Crippen molar-refractivity contribution >= 4 is 16.8 Å². The minimum Gasteiger partial charge on any atom is -0.354 e. The quantitative estimate of drug-likeness (QED) is 0.757. The largest absolute Gasteiger partial charge is 0.354 e. The third-order valence-electron chi connectivity index (χ3n) is 5.01. The van der Waals surface area contributed by atoms with Crippen LogP contribution in [-0.4, -0.2) is 42.0 Å². The molecule has 0 atom stereocenters. The van der Waals surface area contributed by atoms with Crippen LogP contribution in [0.25, 0.3) is 22.2 Å². The van der Waals surface area contributed by atoms with Crippen molar-refractivity contribution in [1.29, 1.82) is 0 Å². The van der Waals surface area contributed by atoms with Gasteiger partial charge in [0.25, 0.3) is 0 Å². The SMILES string of the molecule is O=C(CCc1c(-c2ccc(F)cc2)[nH]c2ccccc12)N1CCNCC1. The van der Waals surface area contributed by atoms with Gasteiger partial charge in [-0.3, -0.25) is 4.79 Å². The van der Waals surface area contributed by atoms with Crippen molar-refractivity contribution in [2.24, 2.45) is 0 Å². The maximum absolute atomic E-state index is 13.3. The Morgan fingerprint density at radius 1 is 1.04 bits per heavy atom. The van der Waals surface area contributed by atoms with E-state index in [1.54, 1.807) is 12.1 Å². The van der Waals surface area contributed by atoms with Crippen LogP contribution in [-0.2, 0) is 11.2 Å². The molecule has 2 N–H and O–H groups in total. The lowest BCUT2D eigenvalue weighted by Crippen LogP contribution is -2.46. The first kappa shape index (κ1) is 16.8. The van der Waals surface area contributed by atoms with Crippen molar-refractivity contribution in [3.05, 3.63) is 59.9 Å². The fourth-order valence-corrected chi connectivity index (χ4v) is 3.63. The van der Waals surface area contributed by atoms with Gasteiger partial charge < -0.3 is 15.2 Å². The van der Waals surface area contributed by atoms with Crippen LogP contribution in [0.4, 0.5) is 4.39 Å². The molecular weight excluding hydrogens is 329 g/mol. The normalized spacial score (nSPS) is 14.7. The summed E-state index contributed by atoms with van der Waals surface area (Å²) in [5.41, 5.74) is 4.07. The van der Waals surface area contributed by atoms with Gasteiger partial charge in [-0.15, -0.1) is 0 Å². The van der Waals surface area contributed by atoms with Crippen molar-refractivity contribution in [1.82, 2.24) is 15.2 Å². The number of aromatic nitrogens is 1. The average molecular weight is 351 g/mol. The highest BCUT2D eigenvalue weighted by Crippen LogP contribution is 2.31. The predicted octanol–water partition coefficient (Wildman–Crippen LogP) is 3.34. The molecule has 134 valence electrons. The Balaban J connectivity index is 1.63. The number of benzene rings is 2. The summed E-state index contributed by atoms with van der Waals surface area (Å²) in [6.45, 7) is 3.27. The molecule has 1 amide bonds. The smallest absolute Gasteiger partial charge is 0.222 e. The van der Waals surface area contributed by atoms with Gasteiger partial charge in [0.15, 0.2) is 0 Å². The summed E-state index contributed by atoms with van der Waals surface area (Å²) >= 11 is 0. The molecule has 1 fully saturated rings. The molecule has 0 aliphatic carbocycles. The Hall–Kier alpha value is -2.66. The first-order valence-electron chi connectivity index (χ1n) is 9.06. The summed E-state index contributed by atoms with van der Waals surface area (Å²) in [5.74, 6) is -0.0536. The van der Waals surface area contributed by atoms with Gasteiger partial charge in [-0.1, -0.05) is 18.2 Å². The predicted molar refractivity (Wildman–Crippen MR) is 101 cm³/mol. The molecule has 0 bridgehead atoms. The lowest BCUT2D eigenvalue weighted by atomic mass is 10.0. The molecule has 1 aliphatic heterocycles. The number of halogens is 1. The Kier molecular flexibility index (Phi) is 4.71. The number of aromatic amines is 1. The van der Waals surface area contributed by atoms with E-state index in [1.807, 2.05) is 23.1 Å². The molecule has 0 radical (unpaired) electrons. The van der Waals surface area contributed by atoms with E-state index < -0.39 is 0 Å². The minimum atomic E-state index is -0.250. The third-order valence-corrected chi connectivity index (χ3v) is 5.01. The molecule has 1 aliphatic rings. The maximum atomic E-state index is 13.3. The van der Waals surface area contributed by atoms with Crippen LogP contribution in [0.5, 0.6) is 0 Å². The van der Waals surface area contributed by atoms with E-state index in [4.69, 9.17) is 0 Å². The number of para-hydroxylation sites is 1. The molecule has 0 saturated carbocycles. The van der Waals surface area contributed by atoms with Crippen LogP contribution in [0.3, 0.4) is 0 Å². The average Bonchev–Trinajstić information content (AvgIpc) is 3.06. The fraction of sp³-hybridized carbons (Fsp3) is 0.286. The summed E-state index contributed by atoms with van der Waals surface area (Å²) in [6.07, 6.45) is 1.15. The van der Waals surface area contributed by atoms with Crippen molar-refractivity contribution in [3.8, 4) is 11.3 Å². The minimum absolute atomic E-state index is 0.196. The second kappa shape index (κ2) is 7.30. The van der Waals surface area contributed by atoms with Crippen molar-refractivity contribution in [3.63, 3.8) is 0 Å². The van der Waals surface area contributed by atoms with Gasteiger partial charge in [0.2, 0.25) is 5.91 Å². The molecule has 1 saturated heterocycles. The molecule has 0 unspecified atom stereocenters. The van der Waals surface area contributed by atoms with Crippen LogP contribution < -0.4 is 5.32 Å². The number of hydrogen-bond acceptors (Lipinski definition) is 2. The summed E-state index contributed by atoms with van der Waals surface area (Å²) in [5, 5.41) is 4.39. The Morgan fingerprint density at radius 3 is 2.54 bits per heavy atom. The number of piperazine rings is 1. The third kappa shape index (κ3) is 3.35. The van der Waals surface area contributed by atoms with E-state index in [0.717, 1.165) is 53.9 Å². The summed E-state index contributed by atoms with van der Waals surface area (Å²) in [7, 11) is 0. The van der Waals surface area contributed by atoms with Crippen molar-refractivity contribution < 1.29 is 9.18 Å². The van der Waals surface area contributed by atoms with E-state index in [9.17, 15) is 9.18 Å². The second-order valence-corrected chi connectivity index (χ2v) is 6.66. The highest BCUT2D eigenvalue weighted by Gasteiger charge is 2.18. The number of carbonyl (C=O) groups excluding carboxylic acids is 1. The van der Waals surface area contributed by atoms with E-state index in [1.165, 1.54) is 12.1 Å². The highest BCUT2D eigenvalue weighted by molar-refractivity contribution is 5.91. The van der Waals surface area contributed by atoms with E-state index in [2.05, 4.69) is 16.4 Å². The zero-order chi connectivity index (χ0) is 17.9. The number of fused-ring (bicyclic) bond motifs is 1. The van der Waals surface area contributed by atoms with Gasteiger partial charge in [-0.25, -0.2) is 4.39 Å². The Morgan fingerprint density at radius 2 is 1.77 bits per heavy atom. The molecule has 3 aromatic rings. The molecule has 4 rings (SSSR count). The molecule has 1 aromatic heterocycles. The fourth-order valence-electron chi connectivity index (χ4n) is 3.63. The Labute approximate surface area is 152 Å². The lowest BCUT2D eigenvalue weighted by Gasteiger charge is -2.27. The van der Waals surface area contributed by atoms with E-state index in [-0.39, 0.29) is 11.7 Å². The van der Waals surface area contributed by atoms with Gasteiger partial charge in [0.05, 0.1) is 0 Å². The number of amides is 1. The molecular formula is C21H22FN3O. The van der Waals surface area contributed by atoms with Crippen LogP contribution >= 0.6 is 0 Å². The van der Waals surface area contributed by atoms with Gasteiger partial charge >= 0.3 is 0 Å². The van der Waals surface area contributed by atoms with Crippen molar-refractivity contribution in [2.75, 3.05) is 26.2 Å². The monoisotopic (exact) mass is 351 g/mol. The first-order chi connectivity index (χ1) is 12.7. The number of hydrogen-bond donors (Lipinski definition) is 2. The summed E-state index contributed by atoms with van der Waals surface area (Å²) in [6, 6.07) is 14.6. The van der Waals surface area contributed by atoms with Gasteiger partial charge in [-0.2, -0.15) is 0 Å². The van der Waals surface area contributed by atoms with Crippen LogP contribution in [0.2, 0.25) is 0 Å². The molecule has 0 spiro atoms. The number of nitrogens with zero attached hydrogens (tertiary/aromatic N) is 1. The lowest BCUT2D eigenvalue weighted by molar-refractivity contribution is -0.131. The Bertz CT molecular complexity index is 911. The molecule has 4 nitrogen and oxygen atoms in total. The molecule has 2 aromatic carbocycles. The first-order valence-corrected chi connectivity index (χ1v) is 9.06. The van der Waals surface area contributed by atoms with E-state index in [0.29, 0.717) is 12.8 Å². The standard InChI is InChI=1S/C21H22FN3O/c22-16-7-5-15(6-8-16)21-18(17-3-1-2-4-19(17)24-21)9-10-20(26)25-13-11-23-12-14-25/h1-8,23-24H,9-14H2. The van der Waals surface area contributed by atoms with Crippen molar-refractivity contribution in [2.45, 2.75) is 12.8 Å². The van der Waals surface area contributed by atoms with Crippen LogP contribution in [0, 0.1) is 5.82 Å².